The SMILES string of the molecule is Cc1cccc(CC2(O)CCC3(CCCC3)CC2)c1. The van der Waals surface area contributed by atoms with E-state index in [-0.39, 0.29) is 0 Å². The van der Waals surface area contributed by atoms with Crippen LogP contribution in [0.25, 0.3) is 0 Å². The van der Waals surface area contributed by atoms with Crippen molar-refractivity contribution in [2.24, 2.45) is 5.41 Å². The molecule has 1 N–H and O–H groups in total. The lowest BCUT2D eigenvalue weighted by Gasteiger charge is -2.42. The van der Waals surface area contributed by atoms with Crippen molar-refractivity contribution in [1.29, 1.82) is 0 Å². The van der Waals surface area contributed by atoms with Crippen molar-refractivity contribution in [2.45, 2.75) is 70.3 Å². The number of aryl methyl sites for hydroxylation is 1. The average molecular weight is 258 g/mol. The molecule has 1 spiro atoms. The van der Waals surface area contributed by atoms with Crippen LogP contribution in [0.5, 0.6) is 0 Å². The fraction of sp³-hybridized carbons (Fsp3) is 0.667. The average Bonchev–Trinajstić information content (AvgIpc) is 2.83. The molecule has 104 valence electrons. The summed E-state index contributed by atoms with van der Waals surface area (Å²) in [6.07, 6.45) is 11.0. The van der Waals surface area contributed by atoms with E-state index in [9.17, 15) is 5.11 Å². The van der Waals surface area contributed by atoms with Crippen LogP contribution in [-0.4, -0.2) is 10.7 Å². The molecule has 0 bridgehead atoms. The highest BCUT2D eigenvalue weighted by molar-refractivity contribution is 5.24. The molecule has 2 aliphatic carbocycles. The van der Waals surface area contributed by atoms with Gasteiger partial charge in [-0.15, -0.1) is 0 Å². The molecule has 1 aromatic rings. The zero-order chi connectivity index (χ0) is 13.3. The standard InChI is InChI=1S/C18H26O/c1-15-5-4-6-16(13-15)14-18(19)11-9-17(10-12-18)7-2-3-8-17/h4-6,13,19H,2-3,7-12,14H2,1H3. The summed E-state index contributed by atoms with van der Waals surface area (Å²) in [5.41, 5.74) is 2.76. The maximum Gasteiger partial charge on any atom is 0.0688 e. The highest BCUT2D eigenvalue weighted by Crippen LogP contribution is 2.51. The summed E-state index contributed by atoms with van der Waals surface area (Å²) in [5.74, 6) is 0. The number of hydrogen-bond acceptors (Lipinski definition) is 1. The molecule has 0 heterocycles. The van der Waals surface area contributed by atoms with Crippen molar-refractivity contribution < 1.29 is 5.11 Å². The predicted molar refractivity (Wildman–Crippen MR) is 79.2 cm³/mol. The van der Waals surface area contributed by atoms with Crippen molar-refractivity contribution >= 4 is 0 Å². The van der Waals surface area contributed by atoms with Crippen LogP contribution >= 0.6 is 0 Å². The van der Waals surface area contributed by atoms with Gasteiger partial charge in [-0.1, -0.05) is 42.7 Å². The number of aliphatic hydroxyl groups is 1. The maximum atomic E-state index is 10.9. The number of rotatable bonds is 2. The Morgan fingerprint density at radius 3 is 2.32 bits per heavy atom. The molecule has 2 saturated carbocycles. The highest BCUT2D eigenvalue weighted by atomic mass is 16.3. The first-order valence-electron chi connectivity index (χ1n) is 7.87. The van der Waals surface area contributed by atoms with E-state index >= 15 is 0 Å². The van der Waals surface area contributed by atoms with Gasteiger partial charge in [-0.3, -0.25) is 0 Å². The van der Waals surface area contributed by atoms with Crippen LogP contribution < -0.4 is 0 Å². The van der Waals surface area contributed by atoms with Crippen molar-refractivity contribution in [1.82, 2.24) is 0 Å². The van der Waals surface area contributed by atoms with Crippen LogP contribution in [0.1, 0.15) is 62.5 Å². The molecule has 0 atom stereocenters. The summed E-state index contributed by atoms with van der Waals surface area (Å²) < 4.78 is 0. The van der Waals surface area contributed by atoms with Crippen LogP contribution in [0.15, 0.2) is 24.3 Å². The molecule has 0 radical (unpaired) electrons. The van der Waals surface area contributed by atoms with Crippen LogP contribution in [0.2, 0.25) is 0 Å². The zero-order valence-corrected chi connectivity index (χ0v) is 12.1. The van der Waals surface area contributed by atoms with E-state index in [1.807, 2.05) is 0 Å². The van der Waals surface area contributed by atoms with Gasteiger partial charge < -0.3 is 5.11 Å². The van der Waals surface area contributed by atoms with Gasteiger partial charge in [0.25, 0.3) is 0 Å². The first kappa shape index (κ1) is 13.2. The molecule has 1 aromatic carbocycles. The molecular formula is C18H26O. The summed E-state index contributed by atoms with van der Waals surface area (Å²) in [6, 6.07) is 8.61. The lowest BCUT2D eigenvalue weighted by molar-refractivity contribution is -0.0322. The lowest BCUT2D eigenvalue weighted by atomic mass is 9.66. The summed E-state index contributed by atoms with van der Waals surface area (Å²) >= 11 is 0. The molecule has 2 aliphatic rings. The summed E-state index contributed by atoms with van der Waals surface area (Å²) in [7, 11) is 0. The normalized spacial score (nSPS) is 24.7. The third kappa shape index (κ3) is 2.86. The number of hydrogen-bond donors (Lipinski definition) is 1. The Balaban J connectivity index is 1.65. The minimum absolute atomic E-state index is 0.443. The van der Waals surface area contributed by atoms with Crippen LogP contribution in [0.3, 0.4) is 0 Å². The van der Waals surface area contributed by atoms with Gasteiger partial charge in [0.15, 0.2) is 0 Å². The minimum Gasteiger partial charge on any atom is -0.390 e. The quantitative estimate of drug-likeness (QED) is 0.833. The van der Waals surface area contributed by atoms with Gasteiger partial charge in [0, 0.05) is 6.42 Å². The van der Waals surface area contributed by atoms with Gasteiger partial charge in [-0.25, -0.2) is 0 Å². The Kier molecular flexibility index (Phi) is 3.42. The van der Waals surface area contributed by atoms with Gasteiger partial charge in [-0.2, -0.15) is 0 Å². The fourth-order valence-corrected chi connectivity index (χ4v) is 4.25. The van der Waals surface area contributed by atoms with E-state index in [2.05, 4.69) is 31.2 Å². The summed E-state index contributed by atoms with van der Waals surface area (Å²) in [5, 5.41) is 10.9. The molecule has 19 heavy (non-hydrogen) atoms. The van der Waals surface area contributed by atoms with Crippen molar-refractivity contribution in [3.63, 3.8) is 0 Å². The van der Waals surface area contributed by atoms with Crippen molar-refractivity contribution in [3.8, 4) is 0 Å². The molecule has 0 saturated heterocycles. The van der Waals surface area contributed by atoms with Crippen LogP contribution in [-0.2, 0) is 6.42 Å². The largest absolute Gasteiger partial charge is 0.390 e. The molecule has 3 rings (SSSR count). The highest BCUT2D eigenvalue weighted by Gasteiger charge is 2.42. The van der Waals surface area contributed by atoms with Crippen LogP contribution in [0, 0.1) is 12.3 Å². The molecule has 2 fully saturated rings. The van der Waals surface area contributed by atoms with E-state index < -0.39 is 5.60 Å². The molecule has 0 amide bonds. The monoisotopic (exact) mass is 258 g/mol. The minimum atomic E-state index is -0.443. The van der Waals surface area contributed by atoms with E-state index in [1.165, 1.54) is 49.7 Å². The third-order valence-electron chi connectivity index (χ3n) is 5.52. The zero-order valence-electron chi connectivity index (χ0n) is 12.1. The first-order valence-corrected chi connectivity index (χ1v) is 7.87. The van der Waals surface area contributed by atoms with E-state index in [0.717, 1.165) is 19.3 Å². The topological polar surface area (TPSA) is 20.2 Å². The first-order chi connectivity index (χ1) is 9.09. The summed E-state index contributed by atoms with van der Waals surface area (Å²) in [6.45, 7) is 2.13. The Morgan fingerprint density at radius 2 is 1.68 bits per heavy atom. The summed E-state index contributed by atoms with van der Waals surface area (Å²) in [4.78, 5) is 0. The van der Waals surface area contributed by atoms with Gasteiger partial charge in [0.2, 0.25) is 0 Å². The molecular weight excluding hydrogens is 232 g/mol. The Morgan fingerprint density at radius 1 is 1.00 bits per heavy atom. The molecule has 0 unspecified atom stereocenters. The second-order valence-electron chi connectivity index (χ2n) is 7.10. The molecule has 1 heteroatoms. The van der Waals surface area contributed by atoms with E-state index in [4.69, 9.17) is 0 Å². The second-order valence-corrected chi connectivity index (χ2v) is 7.10. The Bertz CT molecular complexity index is 433. The molecule has 0 aromatic heterocycles. The third-order valence-corrected chi connectivity index (χ3v) is 5.52. The molecule has 1 nitrogen and oxygen atoms in total. The number of benzene rings is 1. The fourth-order valence-electron chi connectivity index (χ4n) is 4.25. The van der Waals surface area contributed by atoms with Gasteiger partial charge >= 0.3 is 0 Å². The smallest absolute Gasteiger partial charge is 0.0688 e. The second kappa shape index (κ2) is 4.94. The van der Waals surface area contributed by atoms with Gasteiger partial charge in [0.05, 0.1) is 5.60 Å². The lowest BCUT2D eigenvalue weighted by Crippen LogP contribution is -2.39. The van der Waals surface area contributed by atoms with Crippen LogP contribution in [0.4, 0.5) is 0 Å². The van der Waals surface area contributed by atoms with Gasteiger partial charge in [-0.05, 0) is 56.4 Å². The van der Waals surface area contributed by atoms with Crippen molar-refractivity contribution in [2.75, 3.05) is 0 Å². The maximum absolute atomic E-state index is 10.9. The van der Waals surface area contributed by atoms with E-state index in [0.29, 0.717) is 5.41 Å². The predicted octanol–water partition coefficient (Wildman–Crippen LogP) is 4.40. The van der Waals surface area contributed by atoms with E-state index in [1.54, 1.807) is 0 Å². The Hall–Kier alpha value is -0.820. The van der Waals surface area contributed by atoms with Crippen molar-refractivity contribution in [3.05, 3.63) is 35.4 Å². The van der Waals surface area contributed by atoms with Gasteiger partial charge in [0.1, 0.15) is 0 Å². The Labute approximate surface area is 117 Å². The molecule has 0 aliphatic heterocycles.